The Kier molecular flexibility index (Phi) is 4.46. The Bertz CT molecular complexity index is 453. The minimum Gasteiger partial charge on any atom is -0.303 e. The molecule has 20 heavy (non-hydrogen) atoms. The third-order valence-corrected chi connectivity index (χ3v) is 7.32. The molecule has 0 aromatic carbocycles. The molecule has 0 aliphatic heterocycles. The van der Waals surface area contributed by atoms with Crippen molar-refractivity contribution >= 4 is 27.7 Å². The van der Waals surface area contributed by atoms with Crippen LogP contribution in [0.15, 0.2) is 5.16 Å². The van der Waals surface area contributed by atoms with Crippen LogP contribution in [-0.4, -0.2) is 25.8 Å². The molecule has 2 fully saturated rings. The van der Waals surface area contributed by atoms with Crippen LogP contribution in [0.5, 0.6) is 0 Å². The van der Waals surface area contributed by atoms with Gasteiger partial charge in [0.1, 0.15) is 5.82 Å². The lowest BCUT2D eigenvalue weighted by Gasteiger charge is -2.28. The summed E-state index contributed by atoms with van der Waals surface area (Å²) < 4.78 is 2.46. The van der Waals surface area contributed by atoms with Gasteiger partial charge in [0, 0.05) is 23.0 Å². The van der Waals surface area contributed by atoms with Gasteiger partial charge in [-0.05, 0) is 43.9 Å². The highest BCUT2D eigenvalue weighted by Gasteiger charge is 2.37. The number of thioether (sulfide) groups is 1. The lowest BCUT2D eigenvalue weighted by Crippen LogP contribution is -2.24. The zero-order chi connectivity index (χ0) is 14.2. The summed E-state index contributed by atoms with van der Waals surface area (Å²) in [5.74, 6) is 3.11. The molecule has 0 saturated heterocycles. The van der Waals surface area contributed by atoms with Crippen molar-refractivity contribution in [3.63, 3.8) is 0 Å². The summed E-state index contributed by atoms with van der Waals surface area (Å²) in [5, 5.41) is 11.2. The maximum atomic E-state index is 4.51. The number of hydrogen-bond acceptors (Lipinski definition) is 3. The first-order chi connectivity index (χ1) is 9.73. The molecular weight excluding hydrogens is 334 g/mol. The SMILES string of the molecule is CCC(CC)(CBr)CSc1nnc(C2CC2)n1C1CC1. The predicted octanol–water partition coefficient (Wildman–Crippen LogP) is 4.78. The van der Waals surface area contributed by atoms with Crippen LogP contribution >= 0.6 is 27.7 Å². The molecule has 2 aliphatic rings. The molecule has 0 bridgehead atoms. The van der Waals surface area contributed by atoms with E-state index in [2.05, 4.69) is 44.5 Å². The smallest absolute Gasteiger partial charge is 0.191 e. The number of halogens is 1. The zero-order valence-electron chi connectivity index (χ0n) is 12.4. The Labute approximate surface area is 134 Å². The van der Waals surface area contributed by atoms with Crippen molar-refractivity contribution < 1.29 is 0 Å². The molecule has 5 heteroatoms. The maximum Gasteiger partial charge on any atom is 0.191 e. The molecule has 2 saturated carbocycles. The van der Waals surface area contributed by atoms with Crippen molar-refractivity contribution in [2.24, 2.45) is 5.41 Å². The molecule has 0 N–H and O–H groups in total. The third-order valence-electron chi connectivity index (χ3n) is 4.84. The van der Waals surface area contributed by atoms with E-state index in [1.54, 1.807) is 0 Å². The lowest BCUT2D eigenvalue weighted by molar-refractivity contribution is 0.358. The van der Waals surface area contributed by atoms with E-state index in [0.29, 0.717) is 17.4 Å². The molecule has 2 aliphatic carbocycles. The van der Waals surface area contributed by atoms with Gasteiger partial charge in [-0.1, -0.05) is 41.5 Å². The van der Waals surface area contributed by atoms with Gasteiger partial charge in [0.2, 0.25) is 0 Å². The number of rotatable bonds is 8. The Morgan fingerprint density at radius 1 is 1.20 bits per heavy atom. The second-order valence-electron chi connectivity index (χ2n) is 6.35. The van der Waals surface area contributed by atoms with Crippen LogP contribution in [0.25, 0.3) is 0 Å². The van der Waals surface area contributed by atoms with Crippen LogP contribution in [0, 0.1) is 5.41 Å². The van der Waals surface area contributed by atoms with Crippen molar-refractivity contribution in [1.82, 2.24) is 14.8 Å². The highest BCUT2D eigenvalue weighted by molar-refractivity contribution is 9.09. The fourth-order valence-electron chi connectivity index (χ4n) is 2.58. The highest BCUT2D eigenvalue weighted by atomic mass is 79.9. The second-order valence-corrected chi connectivity index (χ2v) is 7.85. The van der Waals surface area contributed by atoms with E-state index in [-0.39, 0.29) is 0 Å². The molecule has 1 aromatic heterocycles. The number of hydrogen-bond donors (Lipinski definition) is 0. The molecule has 3 rings (SSSR count). The van der Waals surface area contributed by atoms with Gasteiger partial charge in [0.25, 0.3) is 0 Å². The number of alkyl halides is 1. The molecule has 0 atom stereocenters. The van der Waals surface area contributed by atoms with E-state index in [1.807, 2.05) is 11.8 Å². The van der Waals surface area contributed by atoms with Gasteiger partial charge >= 0.3 is 0 Å². The molecule has 0 radical (unpaired) electrons. The number of aromatic nitrogens is 3. The first-order valence-corrected chi connectivity index (χ1v) is 9.97. The third kappa shape index (κ3) is 2.94. The first kappa shape index (κ1) is 14.9. The van der Waals surface area contributed by atoms with Gasteiger partial charge in [-0.25, -0.2) is 0 Å². The lowest BCUT2D eigenvalue weighted by atomic mass is 9.87. The summed E-state index contributed by atoms with van der Waals surface area (Å²) in [6, 6.07) is 0.699. The molecule has 1 heterocycles. The summed E-state index contributed by atoms with van der Waals surface area (Å²) in [4.78, 5) is 0. The predicted molar refractivity (Wildman–Crippen MR) is 87.8 cm³/mol. The topological polar surface area (TPSA) is 30.7 Å². The van der Waals surface area contributed by atoms with Gasteiger partial charge in [-0.3, -0.25) is 0 Å². The number of nitrogens with zero attached hydrogens (tertiary/aromatic N) is 3. The summed E-state index contributed by atoms with van der Waals surface area (Å²) in [7, 11) is 0. The minimum atomic E-state index is 0.394. The van der Waals surface area contributed by atoms with Crippen LogP contribution in [0.3, 0.4) is 0 Å². The van der Waals surface area contributed by atoms with Crippen LogP contribution in [-0.2, 0) is 0 Å². The van der Waals surface area contributed by atoms with Crippen LogP contribution < -0.4 is 0 Å². The van der Waals surface area contributed by atoms with E-state index in [4.69, 9.17) is 0 Å². The molecule has 1 aromatic rings. The minimum absolute atomic E-state index is 0.394. The Morgan fingerprint density at radius 2 is 1.90 bits per heavy atom. The van der Waals surface area contributed by atoms with Gasteiger partial charge in [0.15, 0.2) is 5.16 Å². The zero-order valence-corrected chi connectivity index (χ0v) is 14.8. The van der Waals surface area contributed by atoms with Crippen molar-refractivity contribution in [3.05, 3.63) is 5.82 Å². The molecule has 0 spiro atoms. The maximum absolute atomic E-state index is 4.51. The fourth-order valence-corrected chi connectivity index (χ4v) is 5.26. The van der Waals surface area contributed by atoms with Gasteiger partial charge in [-0.2, -0.15) is 0 Å². The van der Waals surface area contributed by atoms with E-state index in [0.717, 1.165) is 11.1 Å². The Balaban J connectivity index is 1.74. The quantitative estimate of drug-likeness (QED) is 0.495. The van der Waals surface area contributed by atoms with E-state index >= 15 is 0 Å². The monoisotopic (exact) mass is 357 g/mol. The summed E-state index contributed by atoms with van der Waals surface area (Å²) >= 11 is 5.63. The molecule has 112 valence electrons. The highest BCUT2D eigenvalue weighted by Crippen LogP contribution is 2.46. The van der Waals surface area contributed by atoms with E-state index in [9.17, 15) is 0 Å². The largest absolute Gasteiger partial charge is 0.303 e. The molecule has 0 amide bonds. The Hall–Kier alpha value is -0.0300. The van der Waals surface area contributed by atoms with E-state index < -0.39 is 0 Å². The molecular formula is C15H24BrN3S. The average Bonchev–Trinajstić information content (AvgIpc) is 3.40. The summed E-state index contributed by atoms with van der Waals surface area (Å²) in [5.41, 5.74) is 0.394. The second kappa shape index (κ2) is 5.99. The van der Waals surface area contributed by atoms with Crippen LogP contribution in [0.4, 0.5) is 0 Å². The fraction of sp³-hybridized carbons (Fsp3) is 0.867. The van der Waals surface area contributed by atoms with Gasteiger partial charge < -0.3 is 4.57 Å². The Morgan fingerprint density at radius 3 is 2.40 bits per heavy atom. The first-order valence-electron chi connectivity index (χ1n) is 7.86. The van der Waals surface area contributed by atoms with Crippen molar-refractivity contribution in [3.8, 4) is 0 Å². The van der Waals surface area contributed by atoms with Crippen LogP contribution in [0.2, 0.25) is 0 Å². The van der Waals surface area contributed by atoms with E-state index in [1.165, 1.54) is 49.5 Å². The normalized spacial score (nSPS) is 19.6. The molecule has 0 unspecified atom stereocenters. The van der Waals surface area contributed by atoms with Gasteiger partial charge in [0.05, 0.1) is 0 Å². The van der Waals surface area contributed by atoms with Crippen molar-refractivity contribution in [1.29, 1.82) is 0 Å². The average molecular weight is 358 g/mol. The van der Waals surface area contributed by atoms with Gasteiger partial charge in [-0.15, -0.1) is 10.2 Å². The van der Waals surface area contributed by atoms with Crippen LogP contribution in [0.1, 0.15) is 70.2 Å². The standard InChI is InChI=1S/C15H24BrN3S/c1-3-15(4-2,9-16)10-20-14-18-17-13(11-5-6-11)19(14)12-7-8-12/h11-12H,3-10H2,1-2H3. The van der Waals surface area contributed by atoms with Crippen molar-refractivity contribution in [2.45, 2.75) is 69.5 Å². The summed E-state index contributed by atoms with van der Waals surface area (Å²) in [6.07, 6.45) is 7.69. The van der Waals surface area contributed by atoms with Crippen molar-refractivity contribution in [2.75, 3.05) is 11.1 Å². The summed E-state index contributed by atoms with van der Waals surface area (Å²) in [6.45, 7) is 4.60. The molecule has 3 nitrogen and oxygen atoms in total.